The molecule has 0 atom stereocenters. The van der Waals surface area contributed by atoms with Crippen LogP contribution in [0.15, 0.2) is 0 Å². The third-order valence-electron chi connectivity index (χ3n) is 2.11. The fourth-order valence-electron chi connectivity index (χ4n) is 1.19. The second-order valence-electron chi connectivity index (χ2n) is 3.09. The molecule has 0 saturated heterocycles. The molecule has 0 aromatic carbocycles. The van der Waals surface area contributed by atoms with Crippen LogP contribution in [0.5, 0.6) is 0 Å². The third kappa shape index (κ3) is 2.61. The molecule has 0 spiro atoms. The summed E-state index contributed by atoms with van der Waals surface area (Å²) in [5.41, 5.74) is 2.20. The Morgan fingerprint density at radius 2 is 2.00 bits per heavy atom. The van der Waals surface area contributed by atoms with Gasteiger partial charge in [0.05, 0.1) is 5.75 Å². The number of nitrogens with one attached hydrogen (secondary N) is 1. The molecule has 0 aliphatic heterocycles. The number of anilines is 1. The standard InChI is InChI=1S/C10H17N3S/c1-5-14-6-9-12-8(3)7(2)10(11-4)13-9/h5-6H2,1-4H3,(H,11,12,13). The van der Waals surface area contributed by atoms with E-state index in [1.807, 2.05) is 32.7 Å². The molecule has 0 fully saturated rings. The minimum atomic E-state index is 0.895. The number of rotatable bonds is 4. The summed E-state index contributed by atoms with van der Waals surface area (Å²) in [5.74, 6) is 3.87. The van der Waals surface area contributed by atoms with Crippen molar-refractivity contribution >= 4 is 17.6 Å². The van der Waals surface area contributed by atoms with Gasteiger partial charge in [-0.1, -0.05) is 6.92 Å². The lowest BCUT2D eigenvalue weighted by Gasteiger charge is -2.08. The summed E-state index contributed by atoms with van der Waals surface area (Å²) < 4.78 is 0. The Morgan fingerprint density at radius 3 is 2.57 bits per heavy atom. The third-order valence-corrected chi connectivity index (χ3v) is 2.98. The van der Waals surface area contributed by atoms with Crippen molar-refractivity contribution in [1.82, 2.24) is 9.97 Å². The molecule has 1 aromatic rings. The van der Waals surface area contributed by atoms with E-state index in [1.54, 1.807) is 0 Å². The lowest BCUT2D eigenvalue weighted by atomic mass is 10.2. The Bertz CT molecular complexity index is 312. The van der Waals surface area contributed by atoms with Gasteiger partial charge in [-0.25, -0.2) is 9.97 Å². The smallest absolute Gasteiger partial charge is 0.140 e. The van der Waals surface area contributed by atoms with Gasteiger partial charge in [-0.15, -0.1) is 0 Å². The van der Waals surface area contributed by atoms with Gasteiger partial charge in [-0.05, 0) is 19.6 Å². The first-order chi connectivity index (χ1) is 6.69. The highest BCUT2D eigenvalue weighted by Crippen LogP contribution is 2.16. The number of aryl methyl sites for hydroxylation is 1. The summed E-state index contributed by atoms with van der Waals surface area (Å²) in [5, 5.41) is 3.09. The van der Waals surface area contributed by atoms with Crippen LogP contribution >= 0.6 is 11.8 Å². The lowest BCUT2D eigenvalue weighted by Crippen LogP contribution is -2.04. The zero-order valence-electron chi connectivity index (χ0n) is 9.22. The molecule has 1 heterocycles. The normalized spacial score (nSPS) is 10.3. The summed E-state index contributed by atoms with van der Waals surface area (Å²) in [6.45, 7) is 6.21. The average Bonchev–Trinajstić information content (AvgIpc) is 2.19. The largest absolute Gasteiger partial charge is 0.373 e. The fourth-order valence-corrected chi connectivity index (χ4v) is 1.70. The molecule has 0 aliphatic rings. The van der Waals surface area contributed by atoms with E-state index < -0.39 is 0 Å². The molecule has 0 unspecified atom stereocenters. The average molecular weight is 211 g/mol. The van der Waals surface area contributed by atoms with Crippen molar-refractivity contribution in [3.63, 3.8) is 0 Å². The Hall–Kier alpha value is -0.770. The van der Waals surface area contributed by atoms with E-state index in [4.69, 9.17) is 0 Å². The summed E-state index contributed by atoms with van der Waals surface area (Å²) in [6.07, 6.45) is 0. The monoisotopic (exact) mass is 211 g/mol. The minimum Gasteiger partial charge on any atom is -0.373 e. The number of hydrogen-bond donors (Lipinski definition) is 1. The quantitative estimate of drug-likeness (QED) is 0.830. The molecule has 1 aromatic heterocycles. The Balaban J connectivity index is 2.91. The van der Waals surface area contributed by atoms with Gasteiger partial charge in [-0.3, -0.25) is 0 Å². The van der Waals surface area contributed by atoms with Crippen molar-refractivity contribution in [2.24, 2.45) is 0 Å². The predicted molar refractivity (Wildman–Crippen MR) is 62.9 cm³/mol. The van der Waals surface area contributed by atoms with Crippen LogP contribution in [0.1, 0.15) is 24.0 Å². The van der Waals surface area contributed by atoms with Gasteiger partial charge in [0.1, 0.15) is 11.6 Å². The van der Waals surface area contributed by atoms with E-state index in [9.17, 15) is 0 Å². The van der Waals surface area contributed by atoms with Crippen molar-refractivity contribution in [3.8, 4) is 0 Å². The molecule has 0 radical (unpaired) electrons. The van der Waals surface area contributed by atoms with E-state index in [2.05, 4.69) is 22.2 Å². The number of thioether (sulfide) groups is 1. The van der Waals surface area contributed by atoms with Gasteiger partial charge >= 0.3 is 0 Å². The Labute approximate surface area is 89.7 Å². The van der Waals surface area contributed by atoms with Crippen LogP contribution in [-0.4, -0.2) is 22.8 Å². The second kappa shape index (κ2) is 5.20. The first kappa shape index (κ1) is 11.3. The van der Waals surface area contributed by atoms with Crippen LogP contribution in [-0.2, 0) is 5.75 Å². The number of aromatic nitrogens is 2. The van der Waals surface area contributed by atoms with Crippen molar-refractivity contribution in [2.45, 2.75) is 26.5 Å². The fraction of sp³-hybridized carbons (Fsp3) is 0.600. The molecule has 3 nitrogen and oxygen atoms in total. The molecule has 0 aliphatic carbocycles. The molecule has 0 amide bonds. The van der Waals surface area contributed by atoms with Gasteiger partial charge in [0.15, 0.2) is 0 Å². The topological polar surface area (TPSA) is 37.8 Å². The van der Waals surface area contributed by atoms with Gasteiger partial charge in [0, 0.05) is 18.3 Å². The van der Waals surface area contributed by atoms with Crippen molar-refractivity contribution in [3.05, 3.63) is 17.1 Å². The molecular weight excluding hydrogens is 194 g/mol. The van der Waals surface area contributed by atoms with Gasteiger partial charge in [0.2, 0.25) is 0 Å². The maximum atomic E-state index is 4.45. The van der Waals surface area contributed by atoms with Gasteiger partial charge in [0.25, 0.3) is 0 Å². The van der Waals surface area contributed by atoms with Crippen LogP contribution in [0.2, 0.25) is 0 Å². The molecule has 14 heavy (non-hydrogen) atoms. The summed E-state index contributed by atoms with van der Waals surface area (Å²) in [7, 11) is 1.89. The first-order valence-electron chi connectivity index (χ1n) is 4.78. The molecule has 0 bridgehead atoms. The second-order valence-corrected chi connectivity index (χ2v) is 4.36. The summed E-state index contributed by atoms with van der Waals surface area (Å²) in [6, 6.07) is 0. The van der Waals surface area contributed by atoms with Gasteiger partial charge in [-0.2, -0.15) is 11.8 Å². The van der Waals surface area contributed by atoms with E-state index in [0.717, 1.165) is 34.4 Å². The number of nitrogens with zero attached hydrogens (tertiary/aromatic N) is 2. The van der Waals surface area contributed by atoms with Crippen molar-refractivity contribution < 1.29 is 0 Å². The van der Waals surface area contributed by atoms with Crippen LogP contribution in [0.25, 0.3) is 0 Å². The van der Waals surface area contributed by atoms with Gasteiger partial charge < -0.3 is 5.32 Å². The van der Waals surface area contributed by atoms with E-state index in [0.29, 0.717) is 0 Å². The summed E-state index contributed by atoms with van der Waals surface area (Å²) in [4.78, 5) is 8.89. The van der Waals surface area contributed by atoms with E-state index >= 15 is 0 Å². The maximum Gasteiger partial charge on any atom is 0.140 e. The minimum absolute atomic E-state index is 0.895. The van der Waals surface area contributed by atoms with E-state index in [1.165, 1.54) is 0 Å². The zero-order chi connectivity index (χ0) is 10.6. The molecule has 0 saturated carbocycles. The zero-order valence-corrected chi connectivity index (χ0v) is 10.0. The molecule has 1 rings (SSSR count). The maximum absolute atomic E-state index is 4.45. The van der Waals surface area contributed by atoms with Crippen LogP contribution in [0.4, 0.5) is 5.82 Å². The highest BCUT2D eigenvalue weighted by Gasteiger charge is 2.05. The SMILES string of the molecule is CCSCc1nc(C)c(C)c(NC)n1. The molecule has 78 valence electrons. The highest BCUT2D eigenvalue weighted by atomic mass is 32.2. The van der Waals surface area contributed by atoms with Crippen LogP contribution < -0.4 is 5.32 Å². The van der Waals surface area contributed by atoms with Crippen LogP contribution in [0, 0.1) is 13.8 Å². The summed E-state index contributed by atoms with van der Waals surface area (Å²) >= 11 is 1.84. The molecule has 4 heteroatoms. The Morgan fingerprint density at radius 1 is 1.29 bits per heavy atom. The first-order valence-corrected chi connectivity index (χ1v) is 5.94. The highest BCUT2D eigenvalue weighted by molar-refractivity contribution is 7.98. The lowest BCUT2D eigenvalue weighted by molar-refractivity contribution is 0.974. The number of hydrogen-bond acceptors (Lipinski definition) is 4. The van der Waals surface area contributed by atoms with E-state index in [-0.39, 0.29) is 0 Å². The van der Waals surface area contributed by atoms with Crippen LogP contribution in [0.3, 0.4) is 0 Å². The molecule has 1 N–H and O–H groups in total. The molecular formula is C10H17N3S. The van der Waals surface area contributed by atoms with Crippen molar-refractivity contribution in [2.75, 3.05) is 18.1 Å². The van der Waals surface area contributed by atoms with Crippen molar-refractivity contribution in [1.29, 1.82) is 0 Å². The predicted octanol–water partition coefficient (Wildman–Crippen LogP) is 2.39. The Kier molecular flexibility index (Phi) is 4.20.